The number of amides is 1. The maximum Gasteiger partial charge on any atom is 0.258 e. The van der Waals surface area contributed by atoms with Gasteiger partial charge in [-0.25, -0.2) is 4.39 Å². The second-order valence-electron chi connectivity index (χ2n) is 6.66. The molecule has 0 spiro atoms. The highest BCUT2D eigenvalue weighted by molar-refractivity contribution is 7.92. The van der Waals surface area contributed by atoms with Crippen molar-refractivity contribution in [1.29, 1.82) is 0 Å². The van der Waals surface area contributed by atoms with Crippen LogP contribution in [0.3, 0.4) is 0 Å². The van der Waals surface area contributed by atoms with E-state index in [1.807, 2.05) is 0 Å². The predicted molar refractivity (Wildman–Crippen MR) is 106 cm³/mol. The minimum Gasteiger partial charge on any atom is -0.593 e. The number of rotatable bonds is 4. The van der Waals surface area contributed by atoms with Crippen LogP contribution in [0.15, 0.2) is 42.6 Å². The Kier molecular flexibility index (Phi) is 4.60. The van der Waals surface area contributed by atoms with Crippen molar-refractivity contribution < 1.29 is 18.8 Å². The van der Waals surface area contributed by atoms with Crippen molar-refractivity contribution in [1.82, 2.24) is 9.88 Å². The van der Waals surface area contributed by atoms with Gasteiger partial charge in [-0.15, -0.1) is 0 Å². The lowest BCUT2D eigenvalue weighted by Gasteiger charge is -2.23. The monoisotopic (exact) mass is 399 g/mol. The number of carbonyl (C=O) groups excluding carboxylic acids is 1. The van der Waals surface area contributed by atoms with Crippen molar-refractivity contribution in [3.63, 3.8) is 0 Å². The van der Waals surface area contributed by atoms with Crippen molar-refractivity contribution in [3.8, 4) is 5.75 Å². The summed E-state index contributed by atoms with van der Waals surface area (Å²) in [4.78, 5) is 18.8. The van der Waals surface area contributed by atoms with Crippen LogP contribution in [0.2, 0.25) is 0 Å². The maximum atomic E-state index is 13.2. The number of phenolic OH excluding ortho intramolecular Hbond substituents is 1. The number of anilines is 1. The van der Waals surface area contributed by atoms with Gasteiger partial charge >= 0.3 is 0 Å². The zero-order chi connectivity index (χ0) is 20.0. The third-order valence-corrected chi connectivity index (χ3v) is 5.90. The fourth-order valence-corrected chi connectivity index (χ4v) is 4.02. The van der Waals surface area contributed by atoms with Gasteiger partial charge in [0.05, 0.1) is 29.7 Å². The largest absolute Gasteiger partial charge is 0.593 e. The van der Waals surface area contributed by atoms with E-state index < -0.39 is 11.4 Å². The number of benzene rings is 2. The molecule has 1 unspecified atom stereocenters. The van der Waals surface area contributed by atoms with Gasteiger partial charge in [-0.1, -0.05) is 12.1 Å². The van der Waals surface area contributed by atoms with Gasteiger partial charge in [0.25, 0.3) is 5.91 Å². The fraction of sp³-hybridized carbons (Fsp3) is 0.200. The quantitative estimate of drug-likeness (QED) is 0.683. The van der Waals surface area contributed by atoms with Gasteiger partial charge in [-0.2, -0.15) is 4.31 Å². The lowest BCUT2D eigenvalue weighted by atomic mass is 10.0. The fourth-order valence-electron chi connectivity index (χ4n) is 3.56. The molecule has 4 rings (SSSR count). The molecule has 0 saturated heterocycles. The number of halogens is 1. The molecule has 1 aliphatic heterocycles. The molecule has 0 radical (unpaired) electrons. The highest BCUT2D eigenvalue weighted by atomic mass is 32.2. The van der Waals surface area contributed by atoms with E-state index >= 15 is 0 Å². The predicted octanol–water partition coefficient (Wildman–Crippen LogP) is 2.97. The number of hydrogen-bond donors (Lipinski definition) is 1. The van der Waals surface area contributed by atoms with E-state index in [1.165, 1.54) is 18.3 Å². The van der Waals surface area contributed by atoms with Crippen molar-refractivity contribution >= 4 is 33.9 Å². The normalized spacial score (nSPS) is 14.4. The second kappa shape index (κ2) is 6.96. The standard InChI is InChI=1S/C20H18FN3O3S/c1-23(28(2)27)18-14-4-3-9-22-17(14)19(25)16-15(18)11-24(20(16)26)10-12-5-7-13(21)8-6-12/h3-9,25H,10-11H2,1-2H3. The number of fused-ring (bicyclic) bond motifs is 2. The molecule has 1 aliphatic rings. The van der Waals surface area contributed by atoms with E-state index in [-0.39, 0.29) is 36.1 Å². The number of phenols is 1. The third kappa shape index (κ3) is 2.94. The first-order valence-electron chi connectivity index (χ1n) is 8.62. The molecule has 8 heteroatoms. The van der Waals surface area contributed by atoms with Crippen LogP contribution in [0.25, 0.3) is 10.9 Å². The molecule has 2 aromatic carbocycles. The Morgan fingerprint density at radius 3 is 2.71 bits per heavy atom. The lowest BCUT2D eigenvalue weighted by Crippen LogP contribution is -2.26. The number of nitrogens with zero attached hydrogens (tertiary/aromatic N) is 3. The molecular weight excluding hydrogens is 381 g/mol. The molecule has 1 atom stereocenters. The number of aromatic hydroxyl groups is 1. The van der Waals surface area contributed by atoms with Gasteiger partial charge in [0.2, 0.25) is 0 Å². The summed E-state index contributed by atoms with van der Waals surface area (Å²) in [6, 6.07) is 9.46. The van der Waals surface area contributed by atoms with E-state index in [4.69, 9.17) is 0 Å². The van der Waals surface area contributed by atoms with Crippen molar-refractivity contribution in [2.45, 2.75) is 13.1 Å². The SMILES string of the molecule is CN(c1c2c(c(O)c3ncccc13)C(=O)N(Cc1ccc(F)cc1)C2)[S+](C)[O-]. The zero-order valence-electron chi connectivity index (χ0n) is 15.3. The summed E-state index contributed by atoms with van der Waals surface area (Å²) in [5.74, 6) is -0.846. The highest BCUT2D eigenvalue weighted by Crippen LogP contribution is 2.44. The summed E-state index contributed by atoms with van der Waals surface area (Å²) >= 11 is -1.33. The van der Waals surface area contributed by atoms with Crippen molar-refractivity contribution in [3.05, 3.63) is 65.1 Å². The van der Waals surface area contributed by atoms with Crippen LogP contribution < -0.4 is 4.31 Å². The first-order valence-corrected chi connectivity index (χ1v) is 10.1. The van der Waals surface area contributed by atoms with Gasteiger partial charge < -0.3 is 14.6 Å². The number of hydrogen-bond acceptors (Lipinski definition) is 5. The number of carbonyl (C=O) groups is 1. The molecule has 6 nitrogen and oxygen atoms in total. The molecule has 1 amide bonds. The molecule has 0 saturated carbocycles. The van der Waals surface area contributed by atoms with Crippen LogP contribution in [0.4, 0.5) is 10.1 Å². The molecule has 28 heavy (non-hydrogen) atoms. The number of pyridine rings is 1. The molecular formula is C20H18FN3O3S. The summed E-state index contributed by atoms with van der Waals surface area (Å²) in [7, 11) is 1.68. The second-order valence-corrected chi connectivity index (χ2v) is 8.05. The third-order valence-electron chi connectivity index (χ3n) is 4.95. The minimum absolute atomic E-state index is 0.170. The average molecular weight is 399 g/mol. The first-order chi connectivity index (χ1) is 13.4. The summed E-state index contributed by atoms with van der Waals surface area (Å²) in [5.41, 5.74) is 2.49. The molecule has 0 aliphatic carbocycles. The van der Waals surface area contributed by atoms with Crippen LogP contribution in [0.5, 0.6) is 5.75 Å². The lowest BCUT2D eigenvalue weighted by molar-refractivity contribution is 0.0764. The average Bonchev–Trinajstić information content (AvgIpc) is 3.00. The highest BCUT2D eigenvalue weighted by Gasteiger charge is 2.37. The van der Waals surface area contributed by atoms with Gasteiger partial charge in [0.15, 0.2) is 5.75 Å². The van der Waals surface area contributed by atoms with Gasteiger partial charge in [-0.05, 0) is 29.8 Å². The Bertz CT molecular complexity index is 1070. The maximum absolute atomic E-state index is 13.2. The van der Waals surface area contributed by atoms with Crippen LogP contribution >= 0.6 is 0 Å². The Hall–Kier alpha value is -2.84. The van der Waals surface area contributed by atoms with Crippen LogP contribution in [-0.2, 0) is 24.5 Å². The van der Waals surface area contributed by atoms with Crippen LogP contribution in [0.1, 0.15) is 21.5 Å². The summed E-state index contributed by atoms with van der Waals surface area (Å²) in [6.07, 6.45) is 3.09. The van der Waals surface area contributed by atoms with Crippen molar-refractivity contribution in [2.75, 3.05) is 17.6 Å². The molecule has 144 valence electrons. The minimum atomic E-state index is -1.33. The Balaban J connectivity index is 1.84. The smallest absolute Gasteiger partial charge is 0.258 e. The molecule has 2 heterocycles. The van der Waals surface area contributed by atoms with E-state index in [9.17, 15) is 18.8 Å². The van der Waals surface area contributed by atoms with E-state index in [1.54, 1.807) is 46.8 Å². The van der Waals surface area contributed by atoms with E-state index in [2.05, 4.69) is 4.98 Å². The molecule has 1 aromatic heterocycles. The topological polar surface area (TPSA) is 79.7 Å². The molecule has 0 fully saturated rings. The Morgan fingerprint density at radius 2 is 2.04 bits per heavy atom. The molecule has 3 aromatic rings. The van der Waals surface area contributed by atoms with Gasteiger partial charge in [-0.3, -0.25) is 9.78 Å². The zero-order valence-corrected chi connectivity index (χ0v) is 16.2. The summed E-state index contributed by atoms with van der Waals surface area (Å²) < 4.78 is 26.9. The number of aromatic nitrogens is 1. The summed E-state index contributed by atoms with van der Waals surface area (Å²) in [6.45, 7) is 0.524. The van der Waals surface area contributed by atoms with Crippen LogP contribution in [0, 0.1) is 5.82 Å². The first kappa shape index (κ1) is 18.5. The molecule has 1 N–H and O–H groups in total. The van der Waals surface area contributed by atoms with E-state index in [0.717, 1.165) is 5.56 Å². The van der Waals surface area contributed by atoms with E-state index in [0.29, 0.717) is 22.2 Å². The Labute approximate surface area is 164 Å². The van der Waals surface area contributed by atoms with Gasteiger partial charge in [0.1, 0.15) is 17.6 Å². The summed E-state index contributed by atoms with van der Waals surface area (Å²) in [5, 5.41) is 11.4. The Morgan fingerprint density at radius 1 is 1.32 bits per heavy atom. The van der Waals surface area contributed by atoms with Crippen molar-refractivity contribution in [2.24, 2.45) is 0 Å². The van der Waals surface area contributed by atoms with Gasteiger partial charge in [0, 0.05) is 30.2 Å². The molecule has 0 bridgehead atoms. The van der Waals surface area contributed by atoms with Crippen LogP contribution in [-0.4, -0.2) is 38.8 Å².